The first-order chi connectivity index (χ1) is 13.9. The monoisotopic (exact) mass is 406 g/mol. The van der Waals surface area contributed by atoms with Gasteiger partial charge in [-0.15, -0.1) is 0 Å². The number of ether oxygens (including phenoxy) is 1. The molecule has 0 spiro atoms. The van der Waals surface area contributed by atoms with E-state index in [9.17, 15) is 14.3 Å². The first-order valence-corrected chi connectivity index (χ1v) is 10.6. The van der Waals surface area contributed by atoms with Crippen molar-refractivity contribution in [1.82, 2.24) is 9.80 Å². The molecule has 0 aromatic heterocycles. The number of benzene rings is 1. The van der Waals surface area contributed by atoms with Gasteiger partial charge in [-0.25, -0.2) is 9.18 Å². The molecule has 0 unspecified atom stereocenters. The molecule has 3 saturated heterocycles. The van der Waals surface area contributed by atoms with E-state index in [0.717, 1.165) is 25.9 Å². The van der Waals surface area contributed by atoms with Gasteiger partial charge in [-0.05, 0) is 58.0 Å². The highest BCUT2D eigenvalue weighted by Gasteiger charge is 2.38. The van der Waals surface area contributed by atoms with E-state index in [0.29, 0.717) is 37.6 Å². The van der Waals surface area contributed by atoms with E-state index in [1.54, 1.807) is 17.0 Å². The number of carbonyl (C=O) groups excluding carboxylic acids is 1. The lowest BCUT2D eigenvalue weighted by atomic mass is 10.2. The lowest BCUT2D eigenvalue weighted by molar-refractivity contribution is -0.00539. The third-order valence-corrected chi connectivity index (χ3v) is 6.12. The van der Waals surface area contributed by atoms with Gasteiger partial charge >= 0.3 is 6.03 Å². The SMILES string of the molecule is C[C@@H]1CN(c2ccc(NC(=O)N3C[C@H](O)[C@@H](N4CCCC4)C3)cc2F)C[C@@H](C)O1. The van der Waals surface area contributed by atoms with Crippen LogP contribution in [0.3, 0.4) is 0 Å². The van der Waals surface area contributed by atoms with Crippen LogP contribution >= 0.6 is 0 Å². The number of morpholine rings is 1. The summed E-state index contributed by atoms with van der Waals surface area (Å²) in [6.07, 6.45) is 1.83. The normalized spacial score (nSPS) is 30.8. The molecule has 160 valence electrons. The van der Waals surface area contributed by atoms with Crippen LogP contribution in [0.2, 0.25) is 0 Å². The summed E-state index contributed by atoms with van der Waals surface area (Å²) in [4.78, 5) is 18.5. The molecule has 1 aromatic rings. The van der Waals surface area contributed by atoms with E-state index in [1.165, 1.54) is 6.07 Å². The molecule has 3 aliphatic rings. The second-order valence-corrected chi connectivity index (χ2v) is 8.54. The van der Waals surface area contributed by atoms with Crippen molar-refractivity contribution in [3.05, 3.63) is 24.0 Å². The number of carbonyl (C=O) groups is 1. The van der Waals surface area contributed by atoms with Gasteiger partial charge in [-0.2, -0.15) is 0 Å². The van der Waals surface area contributed by atoms with Crippen LogP contribution < -0.4 is 10.2 Å². The molecule has 4 atom stereocenters. The molecular formula is C21H31FN4O3. The van der Waals surface area contributed by atoms with E-state index in [4.69, 9.17) is 4.74 Å². The Morgan fingerprint density at radius 3 is 2.48 bits per heavy atom. The fourth-order valence-corrected chi connectivity index (χ4v) is 4.79. The number of hydrogen-bond acceptors (Lipinski definition) is 5. The van der Waals surface area contributed by atoms with Crippen molar-refractivity contribution in [2.75, 3.05) is 49.5 Å². The average molecular weight is 407 g/mol. The Morgan fingerprint density at radius 1 is 1.14 bits per heavy atom. The van der Waals surface area contributed by atoms with Crippen molar-refractivity contribution in [1.29, 1.82) is 0 Å². The number of hydrogen-bond donors (Lipinski definition) is 2. The molecule has 1 aromatic carbocycles. The number of amides is 2. The first kappa shape index (κ1) is 20.4. The number of anilines is 2. The van der Waals surface area contributed by atoms with E-state index in [1.807, 2.05) is 18.7 Å². The first-order valence-electron chi connectivity index (χ1n) is 10.6. The molecule has 0 radical (unpaired) electrons. The maximum atomic E-state index is 14.8. The summed E-state index contributed by atoms with van der Waals surface area (Å²) in [5, 5.41) is 13.1. The van der Waals surface area contributed by atoms with Crippen LogP contribution in [0.1, 0.15) is 26.7 Å². The van der Waals surface area contributed by atoms with Crippen LogP contribution in [-0.4, -0.2) is 84.6 Å². The highest BCUT2D eigenvalue weighted by atomic mass is 19.1. The van der Waals surface area contributed by atoms with Crippen molar-refractivity contribution < 1.29 is 19.0 Å². The van der Waals surface area contributed by atoms with Crippen LogP contribution in [-0.2, 0) is 4.74 Å². The number of rotatable bonds is 3. The average Bonchev–Trinajstić information content (AvgIpc) is 3.30. The maximum absolute atomic E-state index is 14.8. The smallest absolute Gasteiger partial charge is 0.321 e. The van der Waals surface area contributed by atoms with Crippen LogP contribution in [0.25, 0.3) is 0 Å². The third kappa shape index (κ3) is 4.49. The van der Waals surface area contributed by atoms with Gasteiger partial charge in [0, 0.05) is 25.3 Å². The molecule has 3 heterocycles. The molecule has 2 amide bonds. The van der Waals surface area contributed by atoms with Gasteiger partial charge in [0.15, 0.2) is 0 Å². The number of urea groups is 1. The van der Waals surface area contributed by atoms with Crippen molar-refractivity contribution in [2.45, 2.75) is 51.0 Å². The summed E-state index contributed by atoms with van der Waals surface area (Å²) < 4.78 is 20.5. The lowest BCUT2D eigenvalue weighted by Gasteiger charge is -2.37. The van der Waals surface area contributed by atoms with E-state index in [-0.39, 0.29) is 30.1 Å². The van der Waals surface area contributed by atoms with Crippen LogP contribution in [0.15, 0.2) is 18.2 Å². The predicted molar refractivity (Wildman–Crippen MR) is 110 cm³/mol. The Kier molecular flexibility index (Phi) is 5.94. The zero-order valence-electron chi connectivity index (χ0n) is 17.2. The highest BCUT2D eigenvalue weighted by molar-refractivity contribution is 5.89. The molecule has 3 aliphatic heterocycles. The number of aliphatic hydroxyl groups excluding tert-OH is 1. The minimum atomic E-state index is -0.539. The minimum Gasteiger partial charge on any atom is -0.390 e. The fraction of sp³-hybridized carbons (Fsp3) is 0.667. The lowest BCUT2D eigenvalue weighted by Crippen LogP contribution is -2.45. The molecule has 4 rings (SSSR count). The number of β-amino-alcohol motifs (C(OH)–C–C–N with tert-alkyl or cyclic N) is 1. The third-order valence-electron chi connectivity index (χ3n) is 6.12. The molecule has 0 saturated carbocycles. The van der Waals surface area contributed by atoms with E-state index < -0.39 is 6.10 Å². The van der Waals surface area contributed by atoms with Gasteiger partial charge in [0.1, 0.15) is 5.82 Å². The molecular weight excluding hydrogens is 375 g/mol. The van der Waals surface area contributed by atoms with Crippen molar-refractivity contribution in [2.24, 2.45) is 0 Å². The van der Waals surface area contributed by atoms with Gasteiger partial charge in [0.25, 0.3) is 0 Å². The Labute approximate surface area is 171 Å². The summed E-state index contributed by atoms with van der Waals surface area (Å²) in [5.41, 5.74) is 0.945. The molecule has 2 N–H and O–H groups in total. The largest absolute Gasteiger partial charge is 0.390 e. The topological polar surface area (TPSA) is 68.3 Å². The van der Waals surface area contributed by atoms with Gasteiger partial charge in [-0.3, -0.25) is 4.90 Å². The van der Waals surface area contributed by atoms with E-state index >= 15 is 0 Å². The molecule has 7 nitrogen and oxygen atoms in total. The highest BCUT2D eigenvalue weighted by Crippen LogP contribution is 2.27. The standard InChI is InChI=1S/C21H31FN4O3/c1-14-10-25(11-15(2)29-14)18-6-5-16(9-17(18)22)23-21(28)26-12-19(20(27)13-26)24-7-3-4-8-24/h5-6,9,14-15,19-20,27H,3-4,7-8,10-13H2,1-2H3,(H,23,28)/t14-,15-,19+,20+/m1/s1. The van der Waals surface area contributed by atoms with Crippen LogP contribution in [0.5, 0.6) is 0 Å². The van der Waals surface area contributed by atoms with Crippen LogP contribution in [0, 0.1) is 5.82 Å². The van der Waals surface area contributed by atoms with Gasteiger partial charge in [0.2, 0.25) is 0 Å². The van der Waals surface area contributed by atoms with Crippen molar-refractivity contribution in [3.8, 4) is 0 Å². The molecule has 8 heteroatoms. The van der Waals surface area contributed by atoms with Gasteiger partial charge in [-0.1, -0.05) is 0 Å². The Balaban J connectivity index is 1.38. The second kappa shape index (κ2) is 8.45. The molecule has 0 aliphatic carbocycles. The number of nitrogens with one attached hydrogen (secondary N) is 1. The summed E-state index contributed by atoms with van der Waals surface area (Å²) in [5.74, 6) is -0.361. The van der Waals surface area contributed by atoms with Gasteiger partial charge in [0.05, 0.1) is 36.6 Å². The summed E-state index contributed by atoms with van der Waals surface area (Å²) in [6.45, 7) is 7.98. The number of aliphatic hydroxyl groups is 1. The summed E-state index contributed by atoms with van der Waals surface area (Å²) in [6, 6.07) is 4.49. The zero-order valence-corrected chi connectivity index (χ0v) is 17.2. The maximum Gasteiger partial charge on any atom is 0.321 e. The number of nitrogens with zero attached hydrogens (tertiary/aromatic N) is 3. The summed E-state index contributed by atoms with van der Waals surface area (Å²) >= 11 is 0. The number of halogens is 1. The fourth-order valence-electron chi connectivity index (χ4n) is 4.79. The van der Waals surface area contributed by atoms with Gasteiger partial charge < -0.3 is 25.0 Å². The number of likely N-dealkylation sites (tertiary alicyclic amines) is 2. The second-order valence-electron chi connectivity index (χ2n) is 8.54. The summed E-state index contributed by atoms with van der Waals surface area (Å²) in [7, 11) is 0. The predicted octanol–water partition coefficient (Wildman–Crippen LogP) is 2.11. The minimum absolute atomic E-state index is 0.00679. The quantitative estimate of drug-likeness (QED) is 0.805. The molecule has 3 fully saturated rings. The Morgan fingerprint density at radius 2 is 1.83 bits per heavy atom. The molecule has 29 heavy (non-hydrogen) atoms. The molecule has 0 bridgehead atoms. The van der Waals surface area contributed by atoms with Crippen LogP contribution in [0.4, 0.5) is 20.6 Å². The Bertz CT molecular complexity index is 733. The Hall–Kier alpha value is -1.90. The zero-order chi connectivity index (χ0) is 20.5. The van der Waals surface area contributed by atoms with E-state index in [2.05, 4.69) is 10.2 Å². The van der Waals surface area contributed by atoms with Crippen molar-refractivity contribution >= 4 is 17.4 Å². The van der Waals surface area contributed by atoms with Crippen molar-refractivity contribution in [3.63, 3.8) is 0 Å².